The van der Waals surface area contributed by atoms with Gasteiger partial charge < -0.3 is 10.2 Å². The summed E-state index contributed by atoms with van der Waals surface area (Å²) < 4.78 is 52.2. The molecule has 0 aliphatic rings. The van der Waals surface area contributed by atoms with E-state index in [1.54, 1.807) is 0 Å². The number of nitrogens with zero attached hydrogens (tertiary/aromatic N) is 1. The lowest BCUT2D eigenvalue weighted by molar-refractivity contribution is -0.387. The molecule has 23 heavy (non-hydrogen) atoms. The van der Waals surface area contributed by atoms with Gasteiger partial charge in [0.15, 0.2) is 0 Å². The first-order valence-corrected chi connectivity index (χ1v) is 6.19. The quantitative estimate of drug-likeness (QED) is 0.488. The van der Waals surface area contributed by atoms with Gasteiger partial charge in [-0.1, -0.05) is 19.9 Å². The number of carboxylic acid groups (broad SMARTS) is 1. The Balaban J connectivity index is 3.28. The molecular weight excluding hydrogens is 326 g/mol. The molecule has 0 fully saturated rings. The van der Waals surface area contributed by atoms with Gasteiger partial charge in [-0.25, -0.2) is 4.79 Å². The largest absolute Gasteiger partial charge is 0.479 e. The first-order valence-electron chi connectivity index (χ1n) is 6.19. The van der Waals surface area contributed by atoms with E-state index in [-0.39, 0.29) is 5.56 Å². The van der Waals surface area contributed by atoms with Gasteiger partial charge in [0.05, 0.1) is 4.92 Å². The van der Waals surface area contributed by atoms with E-state index in [1.165, 1.54) is 0 Å². The Labute approximate surface area is 127 Å². The lowest BCUT2D eigenvalue weighted by Gasteiger charge is -2.34. The van der Waals surface area contributed by atoms with Gasteiger partial charge in [-0.15, -0.1) is 0 Å². The third-order valence-corrected chi connectivity index (χ3v) is 3.45. The molecule has 1 aromatic rings. The van der Waals surface area contributed by atoms with Crippen LogP contribution >= 0.6 is 0 Å². The molecule has 0 spiro atoms. The third-order valence-electron chi connectivity index (χ3n) is 3.45. The molecular formula is C13H13F4NO5. The van der Waals surface area contributed by atoms with Gasteiger partial charge in [0.1, 0.15) is 0 Å². The SMILES string of the molecule is CC(C)(CC(O)(C(=O)O)C(F)(F)F)c1ccc([N+](=O)[O-])c(F)c1. The number of benzene rings is 1. The Kier molecular flexibility index (Phi) is 4.71. The lowest BCUT2D eigenvalue weighted by atomic mass is 9.75. The maximum atomic E-state index is 13.6. The molecule has 0 bridgehead atoms. The smallest absolute Gasteiger partial charge is 0.428 e. The summed E-state index contributed by atoms with van der Waals surface area (Å²) in [6, 6.07) is 2.43. The zero-order valence-electron chi connectivity index (χ0n) is 12.0. The number of rotatable bonds is 5. The molecule has 0 heterocycles. The zero-order valence-corrected chi connectivity index (χ0v) is 12.0. The normalized spacial score (nSPS) is 15.1. The standard InChI is InChI=1S/C13H13F4NO5/c1-11(2,6-12(21,10(19)20)13(15,16)17)7-3-4-9(18(22)23)8(14)5-7/h3-5,21H,6H2,1-2H3,(H,19,20). The van der Waals surface area contributed by atoms with E-state index in [0.29, 0.717) is 6.07 Å². The van der Waals surface area contributed by atoms with Crippen molar-refractivity contribution in [1.29, 1.82) is 0 Å². The van der Waals surface area contributed by atoms with Crippen LogP contribution in [0.3, 0.4) is 0 Å². The highest BCUT2D eigenvalue weighted by Crippen LogP contribution is 2.41. The van der Waals surface area contributed by atoms with Gasteiger partial charge >= 0.3 is 17.8 Å². The van der Waals surface area contributed by atoms with Crippen molar-refractivity contribution >= 4 is 11.7 Å². The van der Waals surface area contributed by atoms with Crippen LogP contribution in [0.4, 0.5) is 23.2 Å². The van der Waals surface area contributed by atoms with Gasteiger partial charge in [-0.05, 0) is 17.0 Å². The summed E-state index contributed by atoms with van der Waals surface area (Å²) >= 11 is 0. The number of aliphatic carboxylic acids is 1. The van der Waals surface area contributed by atoms with E-state index in [9.17, 15) is 37.6 Å². The predicted molar refractivity (Wildman–Crippen MR) is 69.3 cm³/mol. The molecule has 128 valence electrons. The monoisotopic (exact) mass is 339 g/mol. The molecule has 1 rings (SSSR count). The van der Waals surface area contributed by atoms with E-state index in [4.69, 9.17) is 5.11 Å². The minimum atomic E-state index is -5.45. The molecule has 0 aliphatic heterocycles. The van der Waals surface area contributed by atoms with E-state index in [0.717, 1.165) is 26.0 Å². The highest BCUT2D eigenvalue weighted by molar-refractivity contribution is 5.78. The average Bonchev–Trinajstić information content (AvgIpc) is 2.35. The van der Waals surface area contributed by atoms with E-state index < -0.39 is 46.0 Å². The molecule has 0 saturated carbocycles. The molecule has 0 aromatic heterocycles. The Morgan fingerprint density at radius 1 is 1.30 bits per heavy atom. The number of carbonyl (C=O) groups is 1. The molecule has 2 N–H and O–H groups in total. The molecule has 0 aliphatic carbocycles. The highest BCUT2D eigenvalue weighted by atomic mass is 19.4. The number of aliphatic hydroxyl groups is 1. The van der Waals surface area contributed by atoms with Crippen molar-refractivity contribution in [3.63, 3.8) is 0 Å². The molecule has 0 saturated heterocycles. The van der Waals surface area contributed by atoms with Crippen molar-refractivity contribution in [2.75, 3.05) is 0 Å². The van der Waals surface area contributed by atoms with Crippen LogP contribution in [-0.2, 0) is 10.2 Å². The highest BCUT2D eigenvalue weighted by Gasteiger charge is 2.61. The molecule has 0 amide bonds. The van der Waals surface area contributed by atoms with Crippen molar-refractivity contribution in [1.82, 2.24) is 0 Å². The van der Waals surface area contributed by atoms with E-state index >= 15 is 0 Å². The Bertz CT molecular complexity index is 644. The lowest BCUT2D eigenvalue weighted by Crippen LogP contribution is -2.55. The van der Waals surface area contributed by atoms with Crippen LogP contribution in [0.25, 0.3) is 0 Å². The molecule has 1 aromatic carbocycles. The van der Waals surface area contributed by atoms with Gasteiger partial charge in [0.2, 0.25) is 5.82 Å². The summed E-state index contributed by atoms with van der Waals surface area (Å²) in [5, 5.41) is 28.8. The number of hydrogen-bond donors (Lipinski definition) is 2. The minimum absolute atomic E-state index is 0.121. The first-order chi connectivity index (χ1) is 10.2. The maximum Gasteiger partial charge on any atom is 0.428 e. The molecule has 1 unspecified atom stereocenters. The number of halogens is 4. The summed E-state index contributed by atoms with van der Waals surface area (Å²) in [6.07, 6.45) is -6.74. The number of hydrogen-bond acceptors (Lipinski definition) is 4. The van der Waals surface area contributed by atoms with Crippen LogP contribution in [0.15, 0.2) is 18.2 Å². The summed E-state index contributed by atoms with van der Waals surface area (Å²) in [7, 11) is 0. The number of alkyl halides is 3. The third kappa shape index (κ3) is 3.58. The Hall–Kier alpha value is -2.23. The zero-order chi connectivity index (χ0) is 18.2. The van der Waals surface area contributed by atoms with Crippen molar-refractivity contribution in [3.05, 3.63) is 39.7 Å². The van der Waals surface area contributed by atoms with Crippen LogP contribution in [0, 0.1) is 15.9 Å². The fourth-order valence-electron chi connectivity index (χ4n) is 2.11. The van der Waals surface area contributed by atoms with Crippen molar-refractivity contribution in [2.45, 2.75) is 37.5 Å². The summed E-state index contributed by atoms with van der Waals surface area (Å²) in [6.45, 7) is 2.32. The van der Waals surface area contributed by atoms with Crippen molar-refractivity contribution in [3.8, 4) is 0 Å². The topological polar surface area (TPSA) is 101 Å². The second-order valence-corrected chi connectivity index (χ2v) is 5.65. The van der Waals surface area contributed by atoms with Crippen LogP contribution in [-0.4, -0.2) is 32.9 Å². The first kappa shape index (κ1) is 18.8. The Morgan fingerprint density at radius 3 is 2.17 bits per heavy atom. The maximum absolute atomic E-state index is 13.6. The summed E-state index contributed by atoms with van der Waals surface area (Å²) in [4.78, 5) is 20.4. The van der Waals surface area contributed by atoms with E-state index in [2.05, 4.69) is 0 Å². The van der Waals surface area contributed by atoms with Gasteiger partial charge in [-0.3, -0.25) is 10.1 Å². The summed E-state index contributed by atoms with van der Waals surface area (Å²) in [5.74, 6) is -3.76. The Morgan fingerprint density at radius 2 is 1.83 bits per heavy atom. The van der Waals surface area contributed by atoms with Crippen LogP contribution in [0.1, 0.15) is 25.8 Å². The average molecular weight is 339 g/mol. The number of nitro benzene ring substituents is 1. The minimum Gasteiger partial charge on any atom is -0.479 e. The van der Waals surface area contributed by atoms with Gasteiger partial charge in [-0.2, -0.15) is 17.6 Å². The van der Waals surface area contributed by atoms with Crippen molar-refractivity contribution < 1.29 is 37.5 Å². The fraction of sp³-hybridized carbons (Fsp3) is 0.462. The van der Waals surface area contributed by atoms with Crippen LogP contribution in [0.5, 0.6) is 0 Å². The predicted octanol–water partition coefficient (Wildman–Crippen LogP) is 2.78. The van der Waals surface area contributed by atoms with E-state index in [1.807, 2.05) is 0 Å². The van der Waals surface area contributed by atoms with Crippen LogP contribution in [0.2, 0.25) is 0 Å². The number of carboxylic acids is 1. The second-order valence-electron chi connectivity index (χ2n) is 5.65. The fourth-order valence-corrected chi connectivity index (χ4v) is 2.11. The number of nitro groups is 1. The molecule has 10 heteroatoms. The van der Waals surface area contributed by atoms with Gasteiger partial charge in [0, 0.05) is 12.5 Å². The van der Waals surface area contributed by atoms with Crippen LogP contribution < -0.4 is 0 Å². The summed E-state index contributed by atoms with van der Waals surface area (Å²) in [5.41, 5.74) is -6.65. The molecule has 1 atom stereocenters. The molecule has 6 nitrogen and oxygen atoms in total. The second kappa shape index (κ2) is 5.76. The van der Waals surface area contributed by atoms with Gasteiger partial charge in [0.25, 0.3) is 5.60 Å². The van der Waals surface area contributed by atoms with Crippen molar-refractivity contribution in [2.24, 2.45) is 0 Å². The molecule has 0 radical (unpaired) electrons.